The number of hydrogen-bond acceptors (Lipinski definition) is 5. The molecule has 0 spiro atoms. The monoisotopic (exact) mass is 300 g/mol. The van der Waals surface area contributed by atoms with Crippen molar-refractivity contribution < 1.29 is 4.52 Å². The highest BCUT2D eigenvalue weighted by molar-refractivity contribution is 6.32. The molecule has 6 heteroatoms. The van der Waals surface area contributed by atoms with Gasteiger partial charge in [-0.05, 0) is 36.7 Å². The Morgan fingerprint density at radius 2 is 2.00 bits per heavy atom. The lowest BCUT2D eigenvalue weighted by Crippen LogP contribution is -2.03. The van der Waals surface area contributed by atoms with Crippen molar-refractivity contribution in [1.82, 2.24) is 15.1 Å². The van der Waals surface area contributed by atoms with Crippen LogP contribution >= 0.6 is 11.6 Å². The Balaban J connectivity index is 2.01. The zero-order valence-corrected chi connectivity index (χ0v) is 11.9. The smallest absolute Gasteiger partial charge is 0.258 e. The Kier molecular flexibility index (Phi) is 3.94. The van der Waals surface area contributed by atoms with Crippen LogP contribution in [0.5, 0.6) is 0 Å². The van der Waals surface area contributed by atoms with Crippen LogP contribution in [0.1, 0.15) is 5.56 Å². The molecule has 0 amide bonds. The van der Waals surface area contributed by atoms with Gasteiger partial charge >= 0.3 is 0 Å². The second kappa shape index (κ2) is 6.03. The molecule has 3 rings (SSSR count). The molecule has 0 radical (unpaired) electrons. The van der Waals surface area contributed by atoms with Crippen LogP contribution in [0.2, 0.25) is 5.02 Å². The molecule has 0 aliphatic rings. The van der Waals surface area contributed by atoms with E-state index in [0.29, 0.717) is 29.0 Å². The SMILES string of the molecule is NCCc1ccccc1-c1nc(-c2ncccc2Cl)no1. The molecule has 0 fully saturated rings. The van der Waals surface area contributed by atoms with Crippen molar-refractivity contribution in [2.45, 2.75) is 6.42 Å². The van der Waals surface area contributed by atoms with Crippen LogP contribution in [0.3, 0.4) is 0 Å². The Hall–Kier alpha value is -2.24. The lowest BCUT2D eigenvalue weighted by Gasteiger charge is -2.03. The van der Waals surface area contributed by atoms with Gasteiger partial charge in [-0.15, -0.1) is 0 Å². The van der Waals surface area contributed by atoms with Gasteiger partial charge in [0.05, 0.1) is 5.02 Å². The lowest BCUT2D eigenvalue weighted by atomic mass is 10.0. The minimum Gasteiger partial charge on any atom is -0.334 e. The molecule has 0 aliphatic heterocycles. The third kappa shape index (κ3) is 2.79. The van der Waals surface area contributed by atoms with Crippen LogP contribution in [-0.4, -0.2) is 21.7 Å². The Labute approximate surface area is 126 Å². The molecule has 106 valence electrons. The van der Waals surface area contributed by atoms with E-state index in [-0.39, 0.29) is 0 Å². The van der Waals surface area contributed by atoms with E-state index in [9.17, 15) is 0 Å². The second-order valence-electron chi connectivity index (χ2n) is 4.45. The molecule has 0 aliphatic carbocycles. The van der Waals surface area contributed by atoms with E-state index >= 15 is 0 Å². The summed E-state index contributed by atoms with van der Waals surface area (Å²) in [6.45, 7) is 0.560. The highest BCUT2D eigenvalue weighted by Gasteiger charge is 2.15. The van der Waals surface area contributed by atoms with Crippen LogP contribution in [0.25, 0.3) is 23.0 Å². The van der Waals surface area contributed by atoms with Gasteiger partial charge in [0.1, 0.15) is 5.69 Å². The average Bonchev–Trinajstić information content (AvgIpc) is 2.98. The number of nitrogens with zero attached hydrogens (tertiary/aromatic N) is 3. The predicted octanol–water partition coefficient (Wildman–Crippen LogP) is 2.95. The molecule has 2 aromatic heterocycles. The van der Waals surface area contributed by atoms with Crippen LogP contribution in [0, 0.1) is 0 Å². The summed E-state index contributed by atoms with van der Waals surface area (Å²) < 4.78 is 5.35. The number of aromatic nitrogens is 3. The van der Waals surface area contributed by atoms with Gasteiger partial charge in [0.15, 0.2) is 0 Å². The van der Waals surface area contributed by atoms with Gasteiger partial charge in [0, 0.05) is 11.8 Å². The second-order valence-corrected chi connectivity index (χ2v) is 4.86. The normalized spacial score (nSPS) is 10.8. The van der Waals surface area contributed by atoms with Crippen molar-refractivity contribution in [1.29, 1.82) is 0 Å². The maximum Gasteiger partial charge on any atom is 0.258 e. The maximum atomic E-state index is 6.09. The summed E-state index contributed by atoms with van der Waals surface area (Å²) in [6.07, 6.45) is 2.39. The molecule has 0 atom stereocenters. The van der Waals surface area contributed by atoms with Crippen LogP contribution < -0.4 is 5.73 Å². The van der Waals surface area contributed by atoms with Gasteiger partial charge in [0.25, 0.3) is 5.89 Å². The van der Waals surface area contributed by atoms with Gasteiger partial charge in [-0.2, -0.15) is 4.98 Å². The van der Waals surface area contributed by atoms with E-state index in [2.05, 4.69) is 15.1 Å². The minimum absolute atomic E-state index is 0.373. The summed E-state index contributed by atoms with van der Waals surface area (Å²) in [5.41, 5.74) is 8.09. The first-order valence-corrected chi connectivity index (χ1v) is 6.90. The molecule has 1 aromatic carbocycles. The van der Waals surface area contributed by atoms with Crippen molar-refractivity contribution >= 4 is 11.6 Å². The number of rotatable bonds is 4. The highest BCUT2D eigenvalue weighted by atomic mass is 35.5. The maximum absolute atomic E-state index is 6.09. The molecule has 3 aromatic rings. The first kappa shape index (κ1) is 13.7. The fraction of sp³-hybridized carbons (Fsp3) is 0.133. The summed E-state index contributed by atoms with van der Waals surface area (Å²) in [7, 11) is 0. The molecule has 5 nitrogen and oxygen atoms in total. The molecule has 0 saturated heterocycles. The molecule has 2 N–H and O–H groups in total. The number of hydrogen-bond donors (Lipinski definition) is 1. The Morgan fingerprint density at radius 3 is 2.81 bits per heavy atom. The van der Waals surface area contributed by atoms with E-state index in [1.165, 1.54) is 0 Å². The van der Waals surface area contributed by atoms with Crippen molar-refractivity contribution in [2.75, 3.05) is 6.54 Å². The third-order valence-electron chi connectivity index (χ3n) is 3.06. The summed E-state index contributed by atoms with van der Waals surface area (Å²) >= 11 is 6.09. The van der Waals surface area contributed by atoms with Gasteiger partial charge in [0.2, 0.25) is 5.82 Å². The van der Waals surface area contributed by atoms with Crippen LogP contribution in [0.4, 0.5) is 0 Å². The van der Waals surface area contributed by atoms with E-state index < -0.39 is 0 Å². The molecule has 21 heavy (non-hydrogen) atoms. The van der Waals surface area contributed by atoms with E-state index in [0.717, 1.165) is 17.5 Å². The fourth-order valence-electron chi connectivity index (χ4n) is 2.08. The first-order valence-electron chi connectivity index (χ1n) is 6.52. The molecule has 0 unspecified atom stereocenters. The van der Waals surface area contributed by atoms with Gasteiger partial charge in [-0.25, -0.2) is 0 Å². The third-order valence-corrected chi connectivity index (χ3v) is 3.36. The summed E-state index contributed by atoms with van der Waals surface area (Å²) in [4.78, 5) is 8.57. The molecular weight excluding hydrogens is 288 g/mol. The van der Waals surface area contributed by atoms with Crippen LogP contribution in [0.15, 0.2) is 47.1 Å². The summed E-state index contributed by atoms with van der Waals surface area (Å²) in [5.74, 6) is 0.814. The van der Waals surface area contributed by atoms with Gasteiger partial charge in [-0.3, -0.25) is 4.98 Å². The molecular formula is C15H13ClN4O. The van der Waals surface area contributed by atoms with E-state index in [4.69, 9.17) is 21.9 Å². The van der Waals surface area contributed by atoms with E-state index in [1.807, 2.05) is 24.3 Å². The molecule has 0 bridgehead atoms. The first-order chi connectivity index (χ1) is 10.3. The number of pyridine rings is 1. The topological polar surface area (TPSA) is 77.8 Å². The largest absolute Gasteiger partial charge is 0.334 e. The standard InChI is InChI=1S/C15H13ClN4O/c16-12-6-3-9-18-13(12)14-19-15(21-20-14)11-5-2-1-4-10(11)7-8-17/h1-6,9H,7-8,17H2. The summed E-state index contributed by atoms with van der Waals surface area (Å²) in [5, 5.41) is 4.45. The van der Waals surface area contributed by atoms with Crippen molar-refractivity contribution in [3.05, 3.63) is 53.2 Å². The predicted molar refractivity (Wildman–Crippen MR) is 80.7 cm³/mol. The van der Waals surface area contributed by atoms with Crippen molar-refractivity contribution in [3.63, 3.8) is 0 Å². The van der Waals surface area contributed by atoms with Gasteiger partial charge < -0.3 is 10.3 Å². The zero-order chi connectivity index (χ0) is 14.7. The average molecular weight is 301 g/mol. The molecule has 2 heterocycles. The van der Waals surface area contributed by atoms with Gasteiger partial charge in [-0.1, -0.05) is 35.0 Å². The minimum atomic E-state index is 0.373. The Bertz CT molecular complexity index is 757. The van der Waals surface area contributed by atoms with Crippen LogP contribution in [-0.2, 0) is 6.42 Å². The lowest BCUT2D eigenvalue weighted by molar-refractivity contribution is 0.431. The zero-order valence-electron chi connectivity index (χ0n) is 11.2. The highest BCUT2D eigenvalue weighted by Crippen LogP contribution is 2.27. The van der Waals surface area contributed by atoms with E-state index in [1.54, 1.807) is 18.3 Å². The fourth-order valence-corrected chi connectivity index (χ4v) is 2.29. The number of halogens is 1. The number of nitrogens with two attached hydrogens (primary N) is 1. The van der Waals surface area contributed by atoms with Crippen molar-refractivity contribution in [3.8, 4) is 23.0 Å². The quantitative estimate of drug-likeness (QED) is 0.801. The van der Waals surface area contributed by atoms with Crippen molar-refractivity contribution in [2.24, 2.45) is 5.73 Å². The number of benzene rings is 1. The Morgan fingerprint density at radius 1 is 1.14 bits per heavy atom. The molecule has 0 saturated carbocycles. The summed E-state index contributed by atoms with van der Waals surface area (Å²) in [6, 6.07) is 11.3.